The van der Waals surface area contributed by atoms with E-state index in [0.717, 1.165) is 37.6 Å². The summed E-state index contributed by atoms with van der Waals surface area (Å²) < 4.78 is 11.7. The number of ether oxygens (including phenoxy) is 2. The van der Waals surface area contributed by atoms with Crippen LogP contribution in [0.1, 0.15) is 68.3 Å². The third-order valence-corrected chi connectivity index (χ3v) is 8.73. The molecule has 7 rings (SSSR count). The second-order valence-corrected chi connectivity index (χ2v) is 11.5. The van der Waals surface area contributed by atoms with Crippen molar-refractivity contribution in [1.29, 1.82) is 0 Å². The van der Waals surface area contributed by atoms with Crippen LogP contribution in [-0.2, 0) is 14.3 Å². The number of rotatable bonds is 8. The highest BCUT2D eigenvalue weighted by molar-refractivity contribution is 5.96. The number of carbonyl (C=O) groups is 1. The van der Waals surface area contributed by atoms with E-state index in [-0.39, 0.29) is 17.9 Å². The van der Waals surface area contributed by atoms with Crippen molar-refractivity contribution in [3.05, 3.63) is 36.2 Å². The van der Waals surface area contributed by atoms with Crippen molar-refractivity contribution >= 4 is 29.4 Å². The fourth-order valence-electron chi connectivity index (χ4n) is 6.27. The summed E-state index contributed by atoms with van der Waals surface area (Å²) in [5, 5.41) is 13.8. The number of aromatic amines is 1. The molecule has 0 radical (unpaired) electrons. The summed E-state index contributed by atoms with van der Waals surface area (Å²) in [6, 6.07) is 1.48. The number of H-pyrrole nitrogens is 1. The minimum absolute atomic E-state index is 0.149. The first-order valence-corrected chi connectivity index (χ1v) is 14.7. The van der Waals surface area contributed by atoms with Gasteiger partial charge in [-0.2, -0.15) is 20.1 Å². The van der Waals surface area contributed by atoms with E-state index in [4.69, 9.17) is 24.4 Å². The van der Waals surface area contributed by atoms with Gasteiger partial charge in [0.25, 0.3) is 0 Å². The van der Waals surface area contributed by atoms with E-state index < -0.39 is 6.04 Å². The van der Waals surface area contributed by atoms with Crippen LogP contribution in [0.4, 0.5) is 23.5 Å². The van der Waals surface area contributed by atoms with E-state index in [1.807, 2.05) is 11.0 Å². The fraction of sp³-hybridized carbons (Fsp3) is 0.607. The minimum Gasteiger partial charge on any atom is -0.381 e. The van der Waals surface area contributed by atoms with Gasteiger partial charge in [-0.15, -0.1) is 0 Å². The zero-order valence-electron chi connectivity index (χ0n) is 23.2. The Labute approximate surface area is 238 Å². The SMILES string of the molecule is CO[C@H]1C[C@@H](C(=O)Nc2cnccn2)N(c2nc(Nc3cc(C4CC4)[nH]n3)nc(C3C4CCCCCOCC43)n2)C1. The number of nitrogens with zero attached hydrogens (tertiary/aromatic N) is 7. The van der Waals surface area contributed by atoms with E-state index in [0.29, 0.717) is 54.3 Å². The lowest BCUT2D eigenvalue weighted by molar-refractivity contribution is -0.117. The molecule has 5 heterocycles. The van der Waals surface area contributed by atoms with Crippen molar-refractivity contribution < 1.29 is 14.3 Å². The van der Waals surface area contributed by atoms with E-state index in [1.54, 1.807) is 19.5 Å². The first kappa shape index (κ1) is 26.2. The Morgan fingerprint density at radius 2 is 2.02 bits per heavy atom. The molecule has 2 aliphatic carbocycles. The van der Waals surface area contributed by atoms with Crippen LogP contribution in [0.2, 0.25) is 0 Å². The zero-order chi connectivity index (χ0) is 27.8. The van der Waals surface area contributed by atoms with Crippen LogP contribution in [0.3, 0.4) is 0 Å². The van der Waals surface area contributed by atoms with Crippen LogP contribution in [0.25, 0.3) is 0 Å². The molecule has 4 aliphatic rings. The van der Waals surface area contributed by atoms with Crippen LogP contribution >= 0.6 is 0 Å². The third-order valence-electron chi connectivity index (χ3n) is 8.73. The fourth-order valence-corrected chi connectivity index (χ4v) is 6.27. The van der Waals surface area contributed by atoms with Crippen LogP contribution in [0.15, 0.2) is 24.7 Å². The Morgan fingerprint density at radius 3 is 2.85 bits per heavy atom. The van der Waals surface area contributed by atoms with Crippen molar-refractivity contribution in [3.8, 4) is 0 Å². The lowest BCUT2D eigenvalue weighted by Gasteiger charge is -2.24. The summed E-state index contributed by atoms with van der Waals surface area (Å²) in [6.07, 6.45) is 12.0. The van der Waals surface area contributed by atoms with Gasteiger partial charge in [0, 0.05) is 62.7 Å². The van der Waals surface area contributed by atoms with E-state index in [2.05, 4.69) is 30.8 Å². The van der Waals surface area contributed by atoms with Gasteiger partial charge in [0.05, 0.1) is 18.9 Å². The third kappa shape index (κ3) is 5.73. The number of hydrogen-bond donors (Lipinski definition) is 3. The number of carbonyl (C=O) groups excluding carboxylic acids is 1. The molecular formula is C28H36N10O3. The lowest BCUT2D eigenvalue weighted by atomic mass is 10.1. The van der Waals surface area contributed by atoms with Crippen LogP contribution in [0, 0.1) is 11.8 Å². The molecule has 3 aromatic rings. The van der Waals surface area contributed by atoms with Gasteiger partial charge >= 0.3 is 0 Å². The molecule has 0 spiro atoms. The number of amides is 1. The largest absolute Gasteiger partial charge is 0.381 e. The summed E-state index contributed by atoms with van der Waals surface area (Å²) in [7, 11) is 1.66. The molecule has 2 saturated carbocycles. The number of nitrogens with one attached hydrogen (secondary N) is 3. The number of methoxy groups -OCH3 is 1. The molecule has 4 fully saturated rings. The molecule has 2 saturated heterocycles. The quantitative estimate of drug-likeness (QED) is 0.372. The van der Waals surface area contributed by atoms with Gasteiger partial charge < -0.3 is 25.0 Å². The van der Waals surface area contributed by atoms with Crippen LogP contribution < -0.4 is 15.5 Å². The van der Waals surface area contributed by atoms with Gasteiger partial charge in [0.1, 0.15) is 11.9 Å². The molecule has 5 atom stereocenters. The summed E-state index contributed by atoms with van der Waals surface area (Å²) in [6.45, 7) is 2.01. The Bertz CT molecular complexity index is 1350. The molecule has 216 valence electrons. The van der Waals surface area contributed by atoms with E-state index in [9.17, 15) is 4.79 Å². The summed E-state index contributed by atoms with van der Waals surface area (Å²) >= 11 is 0. The maximum atomic E-state index is 13.5. The first-order valence-electron chi connectivity index (χ1n) is 14.7. The Balaban J connectivity index is 1.20. The molecule has 0 aromatic carbocycles. The first-order chi connectivity index (χ1) is 20.2. The van der Waals surface area contributed by atoms with Crippen molar-refractivity contribution in [2.24, 2.45) is 11.8 Å². The average Bonchev–Trinajstić information content (AvgIpc) is 3.84. The highest BCUT2D eigenvalue weighted by Gasteiger charge is 2.53. The van der Waals surface area contributed by atoms with Crippen molar-refractivity contribution in [2.75, 3.05) is 42.4 Å². The molecule has 3 unspecified atom stereocenters. The van der Waals surface area contributed by atoms with Crippen LogP contribution in [0.5, 0.6) is 0 Å². The molecule has 3 aromatic heterocycles. The standard InChI is InChI=1S/C28H36N10O3/c1-40-17-11-21(26(39)31-23-13-29-8-9-30-23)38(14-17)28-34-25(24-18-5-3-2-4-10-41-15-19(18)24)33-27(35-28)32-22-12-20(36-37-22)16-6-7-16/h8-9,12-13,16-19,21,24H,2-7,10-11,14-15H2,1H3,(H,30,31,39)(H2,32,33,34,35,36,37)/t17-,18?,19?,21-,24?/m0/s1. The van der Waals surface area contributed by atoms with Gasteiger partial charge in [0.2, 0.25) is 17.8 Å². The van der Waals surface area contributed by atoms with Crippen molar-refractivity contribution in [2.45, 2.75) is 68.9 Å². The molecule has 0 bridgehead atoms. The predicted octanol–water partition coefficient (Wildman–Crippen LogP) is 3.16. The highest BCUT2D eigenvalue weighted by atomic mass is 16.5. The maximum Gasteiger partial charge on any atom is 0.248 e. The molecule has 41 heavy (non-hydrogen) atoms. The predicted molar refractivity (Wildman–Crippen MR) is 150 cm³/mol. The molecule has 13 heteroatoms. The Kier molecular flexibility index (Phi) is 7.21. The van der Waals surface area contributed by atoms with Gasteiger partial charge in [-0.3, -0.25) is 14.9 Å². The zero-order valence-corrected chi connectivity index (χ0v) is 23.2. The lowest BCUT2D eigenvalue weighted by Crippen LogP contribution is -2.41. The Morgan fingerprint density at radius 1 is 1.10 bits per heavy atom. The molecule has 2 aliphatic heterocycles. The molecule has 1 amide bonds. The van der Waals surface area contributed by atoms with Crippen LogP contribution in [-0.4, -0.2) is 80.0 Å². The van der Waals surface area contributed by atoms with E-state index >= 15 is 0 Å². The summed E-state index contributed by atoms with van der Waals surface area (Å²) in [4.78, 5) is 38.3. The average molecular weight is 561 g/mol. The number of aromatic nitrogens is 7. The molecule has 13 nitrogen and oxygen atoms in total. The summed E-state index contributed by atoms with van der Waals surface area (Å²) in [5.74, 6) is 4.11. The van der Waals surface area contributed by atoms with Gasteiger partial charge in [0.15, 0.2) is 11.6 Å². The highest BCUT2D eigenvalue weighted by Crippen LogP contribution is 2.56. The normalized spacial score (nSPS) is 27.8. The Hall–Kier alpha value is -3.71. The second-order valence-electron chi connectivity index (χ2n) is 11.5. The second kappa shape index (κ2) is 11.3. The smallest absolute Gasteiger partial charge is 0.248 e. The number of fused-ring (bicyclic) bond motifs is 1. The minimum atomic E-state index is -0.545. The molecule has 3 N–H and O–H groups in total. The number of hydrogen-bond acceptors (Lipinski definition) is 11. The molecular weight excluding hydrogens is 524 g/mol. The van der Waals surface area contributed by atoms with Crippen molar-refractivity contribution in [3.63, 3.8) is 0 Å². The van der Waals surface area contributed by atoms with Gasteiger partial charge in [-0.25, -0.2) is 4.98 Å². The monoisotopic (exact) mass is 560 g/mol. The van der Waals surface area contributed by atoms with Gasteiger partial charge in [-0.05, 0) is 37.5 Å². The summed E-state index contributed by atoms with van der Waals surface area (Å²) in [5.41, 5.74) is 1.12. The number of anilines is 4. The maximum absolute atomic E-state index is 13.5. The topological polar surface area (TPSA) is 156 Å². The van der Waals surface area contributed by atoms with E-state index in [1.165, 1.54) is 31.9 Å². The van der Waals surface area contributed by atoms with Gasteiger partial charge in [-0.1, -0.05) is 12.8 Å². The van der Waals surface area contributed by atoms with Crippen molar-refractivity contribution in [1.82, 2.24) is 35.1 Å².